The lowest BCUT2D eigenvalue weighted by Crippen LogP contribution is -2.57. The molecule has 0 spiro atoms. The van der Waals surface area contributed by atoms with Gasteiger partial charge in [0.2, 0.25) is 6.35 Å². The monoisotopic (exact) mass is 527 g/mol. The molecule has 1 saturated heterocycles. The number of pyridine rings is 1. The van der Waals surface area contributed by atoms with Crippen molar-refractivity contribution in [2.45, 2.75) is 37.4 Å². The number of nitrogens with zero attached hydrogens (tertiary/aromatic N) is 3. The third-order valence-corrected chi connectivity index (χ3v) is 6.37. The average molecular weight is 528 g/mol. The lowest BCUT2D eigenvalue weighted by molar-refractivity contribution is -0.192. The predicted octanol–water partition coefficient (Wildman–Crippen LogP) is 0.392. The molecule has 0 radical (unpaired) electrons. The van der Waals surface area contributed by atoms with E-state index in [1.54, 1.807) is 6.07 Å². The highest BCUT2D eigenvalue weighted by molar-refractivity contribution is 7.46. The first-order valence-electron chi connectivity index (χ1n) is 10.4. The van der Waals surface area contributed by atoms with Crippen molar-refractivity contribution in [3.63, 3.8) is 0 Å². The fourth-order valence-corrected chi connectivity index (χ4v) is 4.39. The summed E-state index contributed by atoms with van der Waals surface area (Å²) in [7, 11) is -4.83. The third-order valence-electron chi connectivity index (χ3n) is 5.58. The number of hydrogen-bond donors (Lipinski definition) is 5. The Labute approximate surface area is 204 Å². The van der Waals surface area contributed by atoms with Gasteiger partial charge in [-0.15, -0.1) is 0 Å². The SMILES string of the molecule is O=C1C=CN([C@@H]2O[C@H](COP(=O)(O)O)[C@H](O)C2O)C(O)N1Cc1cc(-c2ccccc2)c(Cl)cn1. The number of ether oxygens (including phenoxy) is 1. The number of aromatic nitrogens is 1. The minimum atomic E-state index is -4.83. The molecule has 1 aromatic carbocycles. The Kier molecular flexibility index (Phi) is 7.57. The number of halogens is 1. The number of hydrogen-bond acceptors (Lipinski definition) is 9. The molecule has 2 aromatic rings. The highest BCUT2D eigenvalue weighted by Crippen LogP contribution is 2.38. The second-order valence-corrected chi connectivity index (χ2v) is 9.58. The zero-order valence-electron chi connectivity index (χ0n) is 18.0. The standard InChI is InChI=1S/C21H23ClN3O9P/c22-15-9-23-13(8-14(15)12-4-2-1-3-5-12)10-25-17(26)6-7-24(21(25)29)20-19(28)18(27)16(34-20)11-33-35(30,31)32/h1-9,16,18-21,27-29H,10-11H2,(H2,30,31,32)/t16-,18+,19?,20-,21?/m1/s1. The number of phosphoric ester groups is 1. The van der Waals surface area contributed by atoms with E-state index in [0.717, 1.165) is 21.4 Å². The summed E-state index contributed by atoms with van der Waals surface area (Å²) in [6.45, 7) is -0.819. The van der Waals surface area contributed by atoms with Crippen molar-refractivity contribution in [2.75, 3.05) is 6.61 Å². The van der Waals surface area contributed by atoms with Crippen LogP contribution in [0.3, 0.4) is 0 Å². The Morgan fingerprint density at radius 1 is 1.14 bits per heavy atom. The summed E-state index contributed by atoms with van der Waals surface area (Å²) < 4.78 is 20.8. The van der Waals surface area contributed by atoms with Crippen LogP contribution >= 0.6 is 19.4 Å². The minimum absolute atomic E-state index is 0.117. The summed E-state index contributed by atoms with van der Waals surface area (Å²) in [4.78, 5) is 36.7. The summed E-state index contributed by atoms with van der Waals surface area (Å²) in [6.07, 6.45) is -3.60. The van der Waals surface area contributed by atoms with Crippen LogP contribution in [0.2, 0.25) is 5.02 Å². The van der Waals surface area contributed by atoms with E-state index in [2.05, 4.69) is 9.51 Å². The molecule has 0 aliphatic carbocycles. The van der Waals surface area contributed by atoms with E-state index in [-0.39, 0.29) is 6.54 Å². The zero-order chi connectivity index (χ0) is 25.3. The lowest BCUT2D eigenvalue weighted by Gasteiger charge is -2.41. The summed E-state index contributed by atoms with van der Waals surface area (Å²) in [5, 5.41) is 32.0. The van der Waals surface area contributed by atoms with E-state index < -0.39 is 51.2 Å². The number of rotatable bonds is 7. The van der Waals surface area contributed by atoms with E-state index >= 15 is 0 Å². The number of benzene rings is 1. The van der Waals surface area contributed by atoms with Gasteiger partial charge in [-0.25, -0.2) is 4.57 Å². The molecule has 3 heterocycles. The van der Waals surface area contributed by atoms with E-state index in [4.69, 9.17) is 26.1 Å². The first-order chi connectivity index (χ1) is 16.5. The quantitative estimate of drug-likeness (QED) is 0.315. The molecule has 0 bridgehead atoms. The van der Waals surface area contributed by atoms with Gasteiger partial charge < -0.3 is 34.7 Å². The van der Waals surface area contributed by atoms with Crippen LogP contribution < -0.4 is 0 Å². The molecule has 1 amide bonds. The molecular weight excluding hydrogens is 505 g/mol. The number of phosphoric acid groups is 1. The van der Waals surface area contributed by atoms with Gasteiger partial charge in [-0.2, -0.15) is 0 Å². The second kappa shape index (κ2) is 10.3. The van der Waals surface area contributed by atoms with E-state index in [0.29, 0.717) is 16.3 Å². The lowest BCUT2D eigenvalue weighted by atomic mass is 10.1. The van der Waals surface area contributed by atoms with Crippen LogP contribution in [0.5, 0.6) is 0 Å². The summed E-state index contributed by atoms with van der Waals surface area (Å²) in [6, 6.07) is 11.0. The van der Waals surface area contributed by atoms with Crippen molar-refractivity contribution in [3.8, 4) is 11.1 Å². The van der Waals surface area contributed by atoms with Crippen LogP contribution in [0.1, 0.15) is 5.69 Å². The van der Waals surface area contributed by atoms with Gasteiger partial charge in [0.05, 0.1) is 23.9 Å². The molecular formula is C21H23ClN3O9P. The highest BCUT2D eigenvalue weighted by Gasteiger charge is 2.48. The van der Waals surface area contributed by atoms with Crippen LogP contribution in [-0.4, -0.2) is 83.3 Å². The largest absolute Gasteiger partial charge is 0.469 e. The van der Waals surface area contributed by atoms with E-state index in [1.807, 2.05) is 30.3 Å². The van der Waals surface area contributed by atoms with Crippen molar-refractivity contribution < 1.29 is 43.7 Å². The fourth-order valence-electron chi connectivity index (χ4n) is 3.84. The van der Waals surface area contributed by atoms with Crippen molar-refractivity contribution >= 4 is 25.3 Å². The van der Waals surface area contributed by atoms with Gasteiger partial charge >= 0.3 is 7.82 Å². The molecule has 35 heavy (non-hydrogen) atoms. The molecule has 2 aliphatic rings. The smallest absolute Gasteiger partial charge is 0.387 e. The number of amides is 1. The Bertz CT molecular complexity index is 1150. The van der Waals surface area contributed by atoms with Gasteiger partial charge in [0.25, 0.3) is 5.91 Å². The fraction of sp³-hybridized carbons (Fsp3) is 0.333. The molecule has 1 fully saturated rings. The van der Waals surface area contributed by atoms with Crippen LogP contribution in [0.15, 0.2) is 54.9 Å². The van der Waals surface area contributed by atoms with Gasteiger partial charge in [0.1, 0.15) is 18.3 Å². The molecule has 0 saturated carbocycles. The molecule has 5 N–H and O–H groups in total. The number of aliphatic hydroxyl groups is 3. The van der Waals surface area contributed by atoms with Gasteiger partial charge in [0, 0.05) is 24.0 Å². The maximum Gasteiger partial charge on any atom is 0.469 e. The first kappa shape index (κ1) is 25.7. The van der Waals surface area contributed by atoms with Crippen LogP contribution in [0, 0.1) is 0 Å². The number of carbonyl (C=O) groups excluding carboxylic acids is 1. The Hall–Kier alpha value is -2.38. The van der Waals surface area contributed by atoms with Crippen molar-refractivity contribution in [2.24, 2.45) is 0 Å². The van der Waals surface area contributed by atoms with Crippen LogP contribution in [0.4, 0.5) is 0 Å². The van der Waals surface area contributed by atoms with Gasteiger partial charge in [-0.1, -0.05) is 41.9 Å². The maximum atomic E-state index is 12.6. The summed E-state index contributed by atoms with van der Waals surface area (Å²) in [5.41, 5.74) is 1.96. The van der Waals surface area contributed by atoms with Gasteiger partial charge in [-0.3, -0.25) is 19.2 Å². The summed E-state index contributed by atoms with van der Waals surface area (Å²) in [5.74, 6) is -0.541. The van der Waals surface area contributed by atoms with E-state index in [9.17, 15) is 24.7 Å². The van der Waals surface area contributed by atoms with Crippen LogP contribution in [-0.2, 0) is 25.2 Å². The molecule has 1 aromatic heterocycles. The Morgan fingerprint density at radius 3 is 2.54 bits per heavy atom. The Morgan fingerprint density at radius 2 is 1.86 bits per heavy atom. The van der Waals surface area contributed by atoms with Gasteiger partial charge in [-0.05, 0) is 11.6 Å². The molecule has 12 nitrogen and oxygen atoms in total. The molecule has 2 unspecified atom stereocenters. The molecule has 14 heteroatoms. The van der Waals surface area contributed by atoms with Crippen molar-refractivity contribution in [1.82, 2.24) is 14.8 Å². The number of aliphatic hydroxyl groups excluding tert-OH is 3. The highest BCUT2D eigenvalue weighted by atomic mass is 35.5. The predicted molar refractivity (Wildman–Crippen MR) is 121 cm³/mol. The molecule has 2 aliphatic heterocycles. The first-order valence-corrected chi connectivity index (χ1v) is 12.3. The van der Waals surface area contributed by atoms with Crippen molar-refractivity contribution in [3.05, 3.63) is 65.6 Å². The molecule has 188 valence electrons. The van der Waals surface area contributed by atoms with Gasteiger partial charge in [0.15, 0.2) is 6.23 Å². The normalized spacial score (nSPS) is 27.0. The number of carbonyl (C=O) groups is 1. The maximum absolute atomic E-state index is 12.6. The van der Waals surface area contributed by atoms with E-state index in [1.165, 1.54) is 12.4 Å². The summed E-state index contributed by atoms with van der Waals surface area (Å²) >= 11 is 6.30. The minimum Gasteiger partial charge on any atom is -0.387 e. The second-order valence-electron chi connectivity index (χ2n) is 7.93. The third kappa shape index (κ3) is 5.72. The topological polar surface area (TPSA) is 173 Å². The zero-order valence-corrected chi connectivity index (χ0v) is 19.7. The Balaban J connectivity index is 1.51. The van der Waals surface area contributed by atoms with Crippen LogP contribution in [0.25, 0.3) is 11.1 Å². The molecule has 4 rings (SSSR count). The molecule has 5 atom stereocenters. The average Bonchev–Trinajstić information content (AvgIpc) is 3.10. The van der Waals surface area contributed by atoms with Crippen molar-refractivity contribution in [1.29, 1.82) is 0 Å².